The van der Waals surface area contributed by atoms with Crippen molar-refractivity contribution in [3.63, 3.8) is 0 Å². The van der Waals surface area contributed by atoms with E-state index in [1.165, 1.54) is 7.11 Å². The molecule has 0 bridgehead atoms. The Morgan fingerprint density at radius 3 is 2.82 bits per heavy atom. The van der Waals surface area contributed by atoms with Crippen LogP contribution >= 0.6 is 15.9 Å². The predicted molar refractivity (Wildman–Crippen MR) is 109 cm³/mol. The number of ether oxygens (including phenoxy) is 3. The van der Waals surface area contributed by atoms with Gasteiger partial charge in [0, 0.05) is 22.3 Å². The molecule has 3 rings (SSSR count). The SMILES string of the molecule is COC(=O)Cc1ccccc1NC(=O)c1cc(Br)cc(OC[C@H]2CCCO2)c1. The quantitative estimate of drug-likeness (QED) is 0.649. The molecule has 1 N–H and O–H groups in total. The minimum Gasteiger partial charge on any atom is -0.491 e. The highest BCUT2D eigenvalue weighted by Crippen LogP contribution is 2.24. The smallest absolute Gasteiger partial charge is 0.310 e. The van der Waals surface area contributed by atoms with Crippen molar-refractivity contribution in [2.75, 3.05) is 25.6 Å². The average Bonchev–Trinajstić information content (AvgIpc) is 3.21. The third-order valence-corrected chi connectivity index (χ3v) is 4.88. The second-order valence-corrected chi connectivity index (χ2v) is 7.40. The molecule has 0 spiro atoms. The number of hydrogen-bond acceptors (Lipinski definition) is 5. The number of carbonyl (C=O) groups excluding carboxylic acids is 2. The van der Waals surface area contributed by atoms with Gasteiger partial charge in [-0.05, 0) is 42.7 Å². The summed E-state index contributed by atoms with van der Waals surface area (Å²) in [4.78, 5) is 24.3. The summed E-state index contributed by atoms with van der Waals surface area (Å²) in [5.74, 6) is -0.0626. The van der Waals surface area contributed by atoms with E-state index < -0.39 is 0 Å². The van der Waals surface area contributed by atoms with Gasteiger partial charge in [-0.2, -0.15) is 0 Å². The number of carbonyl (C=O) groups is 2. The van der Waals surface area contributed by atoms with Crippen molar-refractivity contribution in [2.24, 2.45) is 0 Å². The van der Waals surface area contributed by atoms with Gasteiger partial charge in [0.25, 0.3) is 5.91 Å². The number of benzene rings is 2. The Balaban J connectivity index is 1.71. The lowest BCUT2D eigenvalue weighted by atomic mass is 10.1. The van der Waals surface area contributed by atoms with Gasteiger partial charge in [-0.15, -0.1) is 0 Å². The molecule has 6 nitrogen and oxygen atoms in total. The Morgan fingerprint density at radius 2 is 2.07 bits per heavy atom. The third kappa shape index (κ3) is 5.56. The Labute approximate surface area is 172 Å². The maximum absolute atomic E-state index is 12.8. The lowest BCUT2D eigenvalue weighted by Crippen LogP contribution is -2.17. The van der Waals surface area contributed by atoms with Crippen molar-refractivity contribution >= 4 is 33.5 Å². The van der Waals surface area contributed by atoms with Crippen molar-refractivity contribution in [1.82, 2.24) is 0 Å². The third-order valence-electron chi connectivity index (χ3n) is 4.42. The topological polar surface area (TPSA) is 73.9 Å². The molecule has 148 valence electrons. The standard InChI is InChI=1S/C21H22BrNO5/c1-26-20(24)11-14-5-2-3-7-19(14)23-21(25)15-9-16(22)12-18(10-15)28-13-17-6-4-8-27-17/h2-3,5,7,9-10,12,17H,4,6,8,11,13H2,1H3,(H,23,25)/t17-/m1/s1. The highest BCUT2D eigenvalue weighted by atomic mass is 79.9. The van der Waals surface area contributed by atoms with Gasteiger partial charge in [-0.1, -0.05) is 34.1 Å². The van der Waals surface area contributed by atoms with Gasteiger partial charge in [0.1, 0.15) is 12.4 Å². The number of amides is 1. The van der Waals surface area contributed by atoms with Crippen LogP contribution in [0.1, 0.15) is 28.8 Å². The van der Waals surface area contributed by atoms with Gasteiger partial charge in [0.05, 0.1) is 19.6 Å². The first-order valence-electron chi connectivity index (χ1n) is 9.06. The number of halogens is 1. The Bertz CT molecular complexity index is 848. The zero-order chi connectivity index (χ0) is 19.9. The van der Waals surface area contributed by atoms with E-state index in [9.17, 15) is 9.59 Å². The summed E-state index contributed by atoms with van der Waals surface area (Å²) in [7, 11) is 1.34. The molecule has 0 aromatic heterocycles. The zero-order valence-electron chi connectivity index (χ0n) is 15.6. The molecular weight excluding hydrogens is 426 g/mol. The van der Waals surface area contributed by atoms with Crippen LogP contribution in [0, 0.1) is 0 Å². The fourth-order valence-electron chi connectivity index (χ4n) is 2.96. The molecule has 1 amide bonds. The van der Waals surface area contributed by atoms with Gasteiger partial charge in [-0.3, -0.25) is 9.59 Å². The predicted octanol–water partition coefficient (Wildman–Crippen LogP) is 3.97. The number of esters is 1. The van der Waals surface area contributed by atoms with Crippen molar-refractivity contribution < 1.29 is 23.8 Å². The highest BCUT2D eigenvalue weighted by Gasteiger charge is 2.17. The van der Waals surface area contributed by atoms with Gasteiger partial charge in [0.15, 0.2) is 0 Å². The molecule has 1 aliphatic heterocycles. The summed E-state index contributed by atoms with van der Waals surface area (Å²) in [5, 5.41) is 2.86. The average molecular weight is 448 g/mol. The van der Waals surface area contributed by atoms with Crippen LogP contribution < -0.4 is 10.1 Å². The number of anilines is 1. The molecule has 0 radical (unpaired) electrons. The van der Waals surface area contributed by atoms with Crippen molar-refractivity contribution in [3.8, 4) is 5.75 Å². The van der Waals surface area contributed by atoms with Crippen molar-refractivity contribution in [1.29, 1.82) is 0 Å². The first-order valence-corrected chi connectivity index (χ1v) is 9.85. The van der Waals surface area contributed by atoms with Crippen LogP contribution in [0.3, 0.4) is 0 Å². The Hall–Kier alpha value is -2.38. The van der Waals surface area contributed by atoms with Gasteiger partial charge < -0.3 is 19.5 Å². The first-order chi connectivity index (χ1) is 13.5. The molecule has 0 saturated carbocycles. The zero-order valence-corrected chi connectivity index (χ0v) is 17.2. The second-order valence-electron chi connectivity index (χ2n) is 6.49. The van der Waals surface area contributed by atoms with Gasteiger partial charge in [-0.25, -0.2) is 0 Å². The molecule has 1 atom stereocenters. The molecule has 7 heteroatoms. The number of methoxy groups -OCH3 is 1. The van der Waals surface area contributed by atoms with E-state index in [1.54, 1.807) is 30.3 Å². The molecule has 2 aromatic rings. The molecule has 1 heterocycles. The van der Waals surface area contributed by atoms with Crippen LogP contribution in [0.15, 0.2) is 46.9 Å². The second kappa shape index (κ2) is 9.71. The van der Waals surface area contributed by atoms with Crippen LogP contribution in [-0.4, -0.2) is 38.3 Å². The Morgan fingerprint density at radius 1 is 1.25 bits per heavy atom. The van der Waals surface area contributed by atoms with E-state index in [-0.39, 0.29) is 24.4 Å². The minimum absolute atomic E-state index is 0.0845. The number of para-hydroxylation sites is 1. The summed E-state index contributed by atoms with van der Waals surface area (Å²) in [6.45, 7) is 1.23. The summed E-state index contributed by atoms with van der Waals surface area (Å²) in [6.07, 6.45) is 2.21. The van der Waals surface area contributed by atoms with Crippen LogP contribution in [0.2, 0.25) is 0 Å². The van der Waals surface area contributed by atoms with Gasteiger partial charge >= 0.3 is 5.97 Å². The maximum Gasteiger partial charge on any atom is 0.310 e. The molecule has 2 aromatic carbocycles. The first kappa shape index (κ1) is 20.4. The van der Waals surface area contributed by atoms with E-state index in [1.807, 2.05) is 12.1 Å². The largest absolute Gasteiger partial charge is 0.491 e. The number of rotatable bonds is 7. The van der Waals surface area contributed by atoms with E-state index in [0.717, 1.165) is 23.9 Å². The van der Waals surface area contributed by atoms with E-state index in [2.05, 4.69) is 21.2 Å². The summed E-state index contributed by atoms with van der Waals surface area (Å²) in [6, 6.07) is 12.4. The highest BCUT2D eigenvalue weighted by molar-refractivity contribution is 9.10. The summed E-state index contributed by atoms with van der Waals surface area (Å²) in [5.41, 5.74) is 1.71. The van der Waals surface area contributed by atoms with Gasteiger partial charge in [0.2, 0.25) is 0 Å². The van der Waals surface area contributed by atoms with E-state index >= 15 is 0 Å². The molecule has 1 fully saturated rings. The maximum atomic E-state index is 12.8. The van der Waals surface area contributed by atoms with Crippen molar-refractivity contribution in [3.05, 3.63) is 58.1 Å². The molecule has 1 saturated heterocycles. The Kier molecular flexibility index (Phi) is 7.06. The van der Waals surface area contributed by atoms with Crippen LogP contribution in [0.5, 0.6) is 5.75 Å². The normalized spacial score (nSPS) is 15.9. The van der Waals surface area contributed by atoms with Crippen LogP contribution in [0.4, 0.5) is 5.69 Å². The number of hydrogen-bond donors (Lipinski definition) is 1. The molecule has 0 aliphatic carbocycles. The molecule has 1 aliphatic rings. The minimum atomic E-state index is -0.367. The monoisotopic (exact) mass is 447 g/mol. The molecule has 28 heavy (non-hydrogen) atoms. The van der Waals surface area contributed by atoms with Crippen LogP contribution in [-0.2, 0) is 20.7 Å². The molecule has 0 unspecified atom stereocenters. The van der Waals surface area contributed by atoms with E-state index in [4.69, 9.17) is 14.2 Å². The lowest BCUT2D eigenvalue weighted by molar-refractivity contribution is -0.139. The van der Waals surface area contributed by atoms with Crippen molar-refractivity contribution in [2.45, 2.75) is 25.4 Å². The molecular formula is C21H22BrNO5. The fourth-order valence-corrected chi connectivity index (χ4v) is 3.43. The fraction of sp³-hybridized carbons (Fsp3) is 0.333. The summed E-state index contributed by atoms with van der Waals surface area (Å²) >= 11 is 3.42. The summed E-state index contributed by atoms with van der Waals surface area (Å²) < 4.78 is 16.8. The number of nitrogens with one attached hydrogen (secondary N) is 1. The lowest BCUT2D eigenvalue weighted by Gasteiger charge is -2.14. The van der Waals surface area contributed by atoms with E-state index in [0.29, 0.717) is 29.2 Å². The van der Waals surface area contributed by atoms with Crippen LogP contribution in [0.25, 0.3) is 0 Å².